The van der Waals surface area contributed by atoms with Crippen LogP contribution in [0.15, 0.2) is 36.7 Å². The highest BCUT2D eigenvalue weighted by Crippen LogP contribution is 2.20. The zero-order valence-corrected chi connectivity index (χ0v) is 9.85. The number of hydrogen-bond donors (Lipinski definition) is 1. The van der Waals surface area contributed by atoms with E-state index in [0.29, 0.717) is 21.8 Å². The Kier molecular flexibility index (Phi) is 3.51. The van der Waals surface area contributed by atoms with Crippen LogP contribution in [0.25, 0.3) is 0 Å². The average Bonchev–Trinajstić information content (AvgIpc) is 2.40. The van der Waals surface area contributed by atoms with Crippen molar-refractivity contribution in [2.24, 2.45) is 0 Å². The maximum absolute atomic E-state index is 11.9. The third kappa shape index (κ3) is 2.62. The highest BCUT2D eigenvalue weighted by molar-refractivity contribution is 6.31. The zero-order valence-electron chi connectivity index (χ0n) is 9.09. The van der Waals surface area contributed by atoms with Gasteiger partial charge in [-0.05, 0) is 24.3 Å². The SMILES string of the molecule is N#Cc1ccc(Cl)cc1NC(=O)c1ccnnc1. The van der Waals surface area contributed by atoms with Gasteiger partial charge in [0.2, 0.25) is 0 Å². The second-order valence-corrected chi connectivity index (χ2v) is 3.82. The molecule has 0 saturated carbocycles. The van der Waals surface area contributed by atoms with Gasteiger partial charge in [-0.3, -0.25) is 4.79 Å². The summed E-state index contributed by atoms with van der Waals surface area (Å²) in [6.07, 6.45) is 2.75. The molecule has 1 amide bonds. The number of nitrogens with one attached hydrogen (secondary N) is 1. The highest BCUT2D eigenvalue weighted by atomic mass is 35.5. The van der Waals surface area contributed by atoms with Gasteiger partial charge in [-0.1, -0.05) is 11.6 Å². The van der Waals surface area contributed by atoms with Gasteiger partial charge in [-0.25, -0.2) is 0 Å². The van der Waals surface area contributed by atoms with Gasteiger partial charge in [-0.15, -0.1) is 0 Å². The van der Waals surface area contributed by atoms with Crippen LogP contribution in [-0.2, 0) is 0 Å². The summed E-state index contributed by atoms with van der Waals surface area (Å²) in [6.45, 7) is 0. The predicted molar refractivity (Wildman–Crippen MR) is 66.2 cm³/mol. The summed E-state index contributed by atoms with van der Waals surface area (Å²) in [7, 11) is 0. The maximum atomic E-state index is 11.9. The molecular formula is C12H7ClN4O. The summed E-state index contributed by atoms with van der Waals surface area (Å²) in [5.74, 6) is -0.372. The Morgan fingerprint density at radius 3 is 2.83 bits per heavy atom. The number of nitrogens with zero attached hydrogens (tertiary/aromatic N) is 3. The van der Waals surface area contributed by atoms with Gasteiger partial charge < -0.3 is 5.32 Å². The van der Waals surface area contributed by atoms with E-state index in [0.717, 1.165) is 0 Å². The van der Waals surface area contributed by atoms with Crippen molar-refractivity contribution in [1.82, 2.24) is 10.2 Å². The first-order valence-electron chi connectivity index (χ1n) is 4.98. The van der Waals surface area contributed by atoms with Crippen molar-refractivity contribution in [3.8, 4) is 6.07 Å². The predicted octanol–water partition coefficient (Wildman–Crippen LogP) is 2.25. The molecule has 0 unspecified atom stereocenters. The van der Waals surface area contributed by atoms with Crippen LogP contribution in [-0.4, -0.2) is 16.1 Å². The summed E-state index contributed by atoms with van der Waals surface area (Å²) in [4.78, 5) is 11.9. The summed E-state index contributed by atoms with van der Waals surface area (Å²) < 4.78 is 0. The monoisotopic (exact) mass is 258 g/mol. The van der Waals surface area contributed by atoms with Gasteiger partial charge in [0, 0.05) is 5.02 Å². The van der Waals surface area contributed by atoms with E-state index in [4.69, 9.17) is 16.9 Å². The van der Waals surface area contributed by atoms with Crippen LogP contribution in [0.3, 0.4) is 0 Å². The van der Waals surface area contributed by atoms with E-state index in [1.165, 1.54) is 24.5 Å². The summed E-state index contributed by atoms with van der Waals surface area (Å²) in [6, 6.07) is 8.16. The van der Waals surface area contributed by atoms with Crippen LogP contribution in [0.1, 0.15) is 15.9 Å². The molecule has 88 valence electrons. The van der Waals surface area contributed by atoms with Crippen molar-refractivity contribution in [2.45, 2.75) is 0 Å². The summed E-state index contributed by atoms with van der Waals surface area (Å²) in [5.41, 5.74) is 1.07. The molecule has 2 aromatic rings. The molecule has 0 spiro atoms. The number of anilines is 1. The van der Waals surface area contributed by atoms with Crippen LogP contribution in [0.5, 0.6) is 0 Å². The maximum Gasteiger partial charge on any atom is 0.257 e. The number of aromatic nitrogens is 2. The number of carbonyl (C=O) groups is 1. The molecule has 0 atom stereocenters. The van der Waals surface area contributed by atoms with E-state index in [1.807, 2.05) is 6.07 Å². The van der Waals surface area contributed by atoms with E-state index in [1.54, 1.807) is 12.1 Å². The minimum Gasteiger partial charge on any atom is -0.321 e. The van der Waals surface area contributed by atoms with Crippen LogP contribution in [0, 0.1) is 11.3 Å². The number of carbonyl (C=O) groups excluding carboxylic acids is 1. The molecule has 1 heterocycles. The van der Waals surface area contributed by atoms with Crippen molar-refractivity contribution < 1.29 is 4.79 Å². The van der Waals surface area contributed by atoms with E-state index < -0.39 is 0 Å². The Bertz CT molecular complexity index is 622. The third-order valence-corrected chi connectivity index (χ3v) is 2.43. The first-order valence-corrected chi connectivity index (χ1v) is 5.36. The van der Waals surface area contributed by atoms with Crippen molar-refractivity contribution in [3.63, 3.8) is 0 Å². The van der Waals surface area contributed by atoms with Crippen LogP contribution < -0.4 is 5.32 Å². The molecule has 6 heteroatoms. The molecule has 0 saturated heterocycles. The quantitative estimate of drug-likeness (QED) is 0.896. The molecule has 1 N–H and O–H groups in total. The molecule has 0 aliphatic rings. The molecule has 1 aromatic heterocycles. The normalized spacial score (nSPS) is 9.56. The Morgan fingerprint density at radius 1 is 1.33 bits per heavy atom. The fourth-order valence-corrected chi connectivity index (χ4v) is 1.51. The van der Waals surface area contributed by atoms with Crippen molar-refractivity contribution in [2.75, 3.05) is 5.32 Å². The average molecular weight is 259 g/mol. The Morgan fingerprint density at radius 2 is 2.17 bits per heavy atom. The molecule has 0 fully saturated rings. The van der Waals surface area contributed by atoms with Gasteiger partial charge in [0.05, 0.1) is 29.2 Å². The second-order valence-electron chi connectivity index (χ2n) is 3.39. The molecule has 18 heavy (non-hydrogen) atoms. The van der Waals surface area contributed by atoms with Gasteiger partial charge in [-0.2, -0.15) is 15.5 Å². The highest BCUT2D eigenvalue weighted by Gasteiger charge is 2.09. The van der Waals surface area contributed by atoms with Gasteiger partial charge in [0.25, 0.3) is 5.91 Å². The van der Waals surface area contributed by atoms with Crippen molar-refractivity contribution in [1.29, 1.82) is 5.26 Å². The zero-order chi connectivity index (χ0) is 13.0. The second kappa shape index (κ2) is 5.25. The molecule has 0 aliphatic heterocycles. The van der Waals surface area contributed by atoms with Crippen LogP contribution >= 0.6 is 11.6 Å². The van der Waals surface area contributed by atoms with E-state index in [9.17, 15) is 4.79 Å². The largest absolute Gasteiger partial charge is 0.321 e. The van der Waals surface area contributed by atoms with E-state index in [-0.39, 0.29) is 5.91 Å². The first-order chi connectivity index (χ1) is 8.70. The Hall–Kier alpha value is -2.45. The number of rotatable bonds is 2. The lowest BCUT2D eigenvalue weighted by atomic mass is 10.2. The van der Waals surface area contributed by atoms with E-state index in [2.05, 4.69) is 15.5 Å². The van der Waals surface area contributed by atoms with Gasteiger partial charge in [0.1, 0.15) is 6.07 Å². The molecule has 0 aliphatic carbocycles. The van der Waals surface area contributed by atoms with Gasteiger partial charge in [0.15, 0.2) is 0 Å². The van der Waals surface area contributed by atoms with Crippen molar-refractivity contribution in [3.05, 3.63) is 52.8 Å². The molecule has 1 aromatic carbocycles. The topological polar surface area (TPSA) is 78.7 Å². The summed E-state index contributed by atoms with van der Waals surface area (Å²) >= 11 is 5.82. The van der Waals surface area contributed by atoms with Crippen molar-refractivity contribution >= 4 is 23.2 Å². The number of amides is 1. The van der Waals surface area contributed by atoms with Gasteiger partial charge >= 0.3 is 0 Å². The molecule has 0 radical (unpaired) electrons. The third-order valence-electron chi connectivity index (χ3n) is 2.20. The minimum atomic E-state index is -0.372. The lowest BCUT2D eigenvalue weighted by Gasteiger charge is -2.06. The number of halogens is 1. The summed E-state index contributed by atoms with van der Waals surface area (Å²) in [5, 5.41) is 19.2. The lowest BCUT2D eigenvalue weighted by Crippen LogP contribution is -2.13. The molecule has 2 rings (SSSR count). The van der Waals surface area contributed by atoms with Crippen LogP contribution in [0.4, 0.5) is 5.69 Å². The number of nitriles is 1. The lowest BCUT2D eigenvalue weighted by molar-refractivity contribution is 0.102. The minimum absolute atomic E-state index is 0.342. The fourth-order valence-electron chi connectivity index (χ4n) is 1.34. The fraction of sp³-hybridized carbons (Fsp3) is 0. The smallest absolute Gasteiger partial charge is 0.257 e. The van der Waals surface area contributed by atoms with Crippen LogP contribution in [0.2, 0.25) is 5.02 Å². The molecule has 5 nitrogen and oxygen atoms in total. The Balaban J connectivity index is 2.28. The Labute approximate surface area is 108 Å². The first kappa shape index (κ1) is 12.0. The number of hydrogen-bond acceptors (Lipinski definition) is 4. The molecular weight excluding hydrogens is 252 g/mol. The molecule has 0 bridgehead atoms. The standard InChI is InChI=1S/C12H7ClN4O/c13-10-2-1-8(6-14)11(5-10)17-12(18)9-3-4-15-16-7-9/h1-5,7H,(H,17,18). The van der Waals surface area contributed by atoms with E-state index >= 15 is 0 Å². The number of benzene rings is 1.